The zero-order valence-electron chi connectivity index (χ0n) is 14.1. The van der Waals surface area contributed by atoms with Crippen LogP contribution in [0.1, 0.15) is 16.7 Å². The molecule has 138 valence electrons. The van der Waals surface area contributed by atoms with Gasteiger partial charge in [-0.05, 0) is 16.7 Å². The van der Waals surface area contributed by atoms with Gasteiger partial charge in [-0.3, -0.25) is 25.0 Å². The van der Waals surface area contributed by atoms with Gasteiger partial charge in [0.05, 0.1) is 6.42 Å². The Morgan fingerprint density at radius 3 is 2.00 bits per heavy atom. The summed E-state index contributed by atoms with van der Waals surface area (Å²) in [6.45, 7) is 0. The summed E-state index contributed by atoms with van der Waals surface area (Å²) in [4.78, 5) is 49.3. The van der Waals surface area contributed by atoms with E-state index in [-0.39, 0.29) is 12.0 Å². The fraction of sp³-hybridized carbons (Fsp3) is 0.158. The highest BCUT2D eigenvalue weighted by molar-refractivity contribution is 9.08. The molecule has 0 aromatic heterocycles. The fourth-order valence-corrected chi connectivity index (χ4v) is 3.22. The van der Waals surface area contributed by atoms with E-state index < -0.39 is 29.3 Å². The summed E-state index contributed by atoms with van der Waals surface area (Å²) in [5, 5.41) is 7.33. The van der Waals surface area contributed by atoms with E-state index in [4.69, 9.17) is 0 Å². The largest absolute Gasteiger partial charge is 0.330 e. The molecule has 0 atom stereocenters. The van der Waals surface area contributed by atoms with Crippen molar-refractivity contribution in [1.29, 1.82) is 0 Å². The van der Waals surface area contributed by atoms with Gasteiger partial charge in [-0.15, -0.1) is 0 Å². The molecule has 7 nitrogen and oxygen atoms in total. The molecule has 1 aliphatic rings. The lowest BCUT2D eigenvalue weighted by Gasteiger charge is -2.34. The molecule has 27 heavy (non-hydrogen) atoms. The molecule has 0 bridgehead atoms. The molecule has 0 spiro atoms. The van der Waals surface area contributed by atoms with Crippen LogP contribution in [0.4, 0.5) is 4.79 Å². The molecular formula is C19H16BrN3O4. The Kier molecular flexibility index (Phi) is 5.36. The highest BCUT2D eigenvalue weighted by atomic mass is 79.9. The van der Waals surface area contributed by atoms with E-state index >= 15 is 0 Å². The van der Waals surface area contributed by atoms with Crippen LogP contribution in [-0.2, 0) is 31.7 Å². The number of imide groups is 2. The van der Waals surface area contributed by atoms with Gasteiger partial charge in [-0.25, -0.2) is 4.79 Å². The predicted octanol–water partition coefficient (Wildman–Crippen LogP) is 1.50. The molecule has 2 aromatic rings. The highest BCUT2D eigenvalue weighted by Crippen LogP contribution is 2.24. The van der Waals surface area contributed by atoms with Crippen molar-refractivity contribution >= 4 is 39.7 Å². The third-order valence-electron chi connectivity index (χ3n) is 4.21. The minimum atomic E-state index is -2.01. The van der Waals surface area contributed by atoms with E-state index in [0.29, 0.717) is 5.33 Å². The number of rotatable bonds is 5. The van der Waals surface area contributed by atoms with Crippen molar-refractivity contribution in [2.45, 2.75) is 17.3 Å². The van der Waals surface area contributed by atoms with Gasteiger partial charge in [0.2, 0.25) is 11.4 Å². The van der Waals surface area contributed by atoms with E-state index in [0.717, 1.165) is 11.1 Å². The number of benzene rings is 2. The lowest BCUT2D eigenvalue weighted by molar-refractivity contribution is -0.144. The maximum Gasteiger partial charge on any atom is 0.328 e. The summed E-state index contributed by atoms with van der Waals surface area (Å²) >= 11 is 3.35. The van der Waals surface area contributed by atoms with Crippen molar-refractivity contribution in [3.8, 4) is 0 Å². The first-order valence-corrected chi connectivity index (χ1v) is 9.25. The van der Waals surface area contributed by atoms with Crippen LogP contribution < -0.4 is 16.0 Å². The minimum Gasteiger partial charge on any atom is -0.330 e. The van der Waals surface area contributed by atoms with Crippen LogP contribution in [0.3, 0.4) is 0 Å². The summed E-state index contributed by atoms with van der Waals surface area (Å²) in [6.07, 6.45) is -0.0222. The molecule has 1 heterocycles. The molecule has 3 rings (SSSR count). The lowest BCUT2D eigenvalue weighted by atomic mass is 9.86. The molecule has 1 fully saturated rings. The van der Waals surface area contributed by atoms with E-state index in [2.05, 4.69) is 31.9 Å². The lowest BCUT2D eigenvalue weighted by Crippen LogP contribution is -2.71. The molecule has 2 aromatic carbocycles. The van der Waals surface area contributed by atoms with Crippen molar-refractivity contribution in [1.82, 2.24) is 16.0 Å². The van der Waals surface area contributed by atoms with Crippen molar-refractivity contribution in [2.75, 3.05) is 0 Å². The molecule has 0 unspecified atom stereocenters. The van der Waals surface area contributed by atoms with Crippen LogP contribution >= 0.6 is 15.9 Å². The molecule has 3 N–H and O–H groups in total. The maximum absolute atomic E-state index is 12.6. The SMILES string of the molecule is O=C(Cc1ccc(CBr)cc1)NC1(c2ccccc2)C(=O)NC(=O)NC1=O. The topological polar surface area (TPSA) is 104 Å². The van der Waals surface area contributed by atoms with Crippen molar-refractivity contribution in [3.05, 3.63) is 71.3 Å². The number of alkyl halides is 1. The minimum absolute atomic E-state index is 0.0222. The first-order valence-electron chi connectivity index (χ1n) is 8.13. The van der Waals surface area contributed by atoms with Crippen LogP contribution in [0.25, 0.3) is 0 Å². The number of carbonyl (C=O) groups is 4. The first kappa shape index (κ1) is 18.8. The average molecular weight is 430 g/mol. The van der Waals surface area contributed by atoms with Crippen molar-refractivity contribution in [3.63, 3.8) is 0 Å². The van der Waals surface area contributed by atoms with Gasteiger partial charge in [0.1, 0.15) is 0 Å². The second-order valence-electron chi connectivity index (χ2n) is 6.03. The van der Waals surface area contributed by atoms with Crippen LogP contribution in [0.2, 0.25) is 0 Å². The number of barbiturate groups is 1. The van der Waals surface area contributed by atoms with E-state index in [1.807, 2.05) is 12.1 Å². The molecular weight excluding hydrogens is 414 g/mol. The number of carbonyl (C=O) groups excluding carboxylic acids is 4. The summed E-state index contributed by atoms with van der Waals surface area (Å²) < 4.78 is 0. The second-order valence-corrected chi connectivity index (χ2v) is 6.59. The summed E-state index contributed by atoms with van der Waals surface area (Å²) in [5.74, 6) is -2.32. The molecule has 0 saturated carbocycles. The van der Waals surface area contributed by atoms with E-state index in [1.54, 1.807) is 42.5 Å². The number of hydrogen-bond donors (Lipinski definition) is 3. The molecule has 0 radical (unpaired) electrons. The Hall–Kier alpha value is -3.00. The van der Waals surface area contributed by atoms with Crippen LogP contribution in [-0.4, -0.2) is 23.8 Å². The highest BCUT2D eigenvalue weighted by Gasteiger charge is 2.53. The quantitative estimate of drug-likeness (QED) is 0.494. The first-order chi connectivity index (χ1) is 13.0. The predicted molar refractivity (Wildman–Crippen MR) is 101 cm³/mol. The smallest absolute Gasteiger partial charge is 0.328 e. The summed E-state index contributed by atoms with van der Waals surface area (Å²) in [7, 11) is 0. The Bertz CT molecular complexity index is 877. The summed E-state index contributed by atoms with van der Waals surface area (Å²) in [5.41, 5.74) is 0.0373. The van der Waals surface area contributed by atoms with Crippen LogP contribution in [0.15, 0.2) is 54.6 Å². The molecule has 8 heteroatoms. The van der Waals surface area contributed by atoms with Gasteiger partial charge in [0.25, 0.3) is 11.8 Å². The monoisotopic (exact) mass is 429 g/mol. The summed E-state index contributed by atoms with van der Waals surface area (Å²) in [6, 6.07) is 14.5. The second kappa shape index (κ2) is 7.71. The average Bonchev–Trinajstić information content (AvgIpc) is 2.66. The molecule has 1 saturated heterocycles. The Balaban J connectivity index is 1.89. The van der Waals surface area contributed by atoms with E-state index in [9.17, 15) is 19.2 Å². The standard InChI is InChI=1S/C19H16BrN3O4/c20-11-13-8-6-12(7-9-13)10-15(24)23-19(14-4-2-1-3-5-14)16(25)21-18(27)22-17(19)26/h1-9H,10-11H2,(H,23,24)(H2,21,22,25,26,27). The van der Waals surface area contributed by atoms with Gasteiger partial charge in [-0.2, -0.15) is 0 Å². The van der Waals surface area contributed by atoms with Gasteiger partial charge < -0.3 is 5.32 Å². The van der Waals surface area contributed by atoms with Gasteiger partial charge in [0, 0.05) is 5.33 Å². The third-order valence-corrected chi connectivity index (χ3v) is 4.86. The number of halogens is 1. The van der Waals surface area contributed by atoms with Crippen LogP contribution in [0, 0.1) is 0 Å². The molecule has 0 aliphatic carbocycles. The molecule has 5 amide bonds. The number of amides is 5. The zero-order valence-corrected chi connectivity index (χ0v) is 15.7. The van der Waals surface area contributed by atoms with Crippen molar-refractivity contribution < 1.29 is 19.2 Å². The normalized spacial score (nSPS) is 15.7. The Labute approximate surface area is 163 Å². The Morgan fingerprint density at radius 1 is 0.889 bits per heavy atom. The van der Waals surface area contributed by atoms with Gasteiger partial charge in [-0.1, -0.05) is 70.5 Å². The Morgan fingerprint density at radius 2 is 1.44 bits per heavy atom. The van der Waals surface area contributed by atoms with Crippen LogP contribution in [0.5, 0.6) is 0 Å². The fourth-order valence-electron chi connectivity index (χ4n) is 2.85. The number of nitrogens with one attached hydrogen (secondary N) is 3. The zero-order chi connectivity index (χ0) is 19.4. The van der Waals surface area contributed by atoms with E-state index in [1.165, 1.54) is 0 Å². The molecule has 1 aliphatic heterocycles. The van der Waals surface area contributed by atoms with Gasteiger partial charge >= 0.3 is 6.03 Å². The maximum atomic E-state index is 12.6. The third kappa shape index (κ3) is 3.75. The van der Waals surface area contributed by atoms with Crippen molar-refractivity contribution in [2.24, 2.45) is 0 Å². The number of urea groups is 1. The van der Waals surface area contributed by atoms with Gasteiger partial charge in [0.15, 0.2) is 0 Å². The number of hydrogen-bond acceptors (Lipinski definition) is 4.